The molecule has 2 aromatic rings. The Morgan fingerprint density at radius 2 is 2.21 bits per heavy atom. The highest BCUT2D eigenvalue weighted by Gasteiger charge is 2.06. The zero-order chi connectivity index (χ0) is 13.8. The average Bonchev–Trinajstić information content (AvgIpc) is 2.85. The number of rotatable bonds is 4. The molecule has 1 N–H and O–H groups in total. The Hall–Kier alpha value is -2.19. The Kier molecular flexibility index (Phi) is 3.93. The molecule has 19 heavy (non-hydrogen) atoms. The van der Waals surface area contributed by atoms with Gasteiger partial charge in [-0.2, -0.15) is 5.26 Å². The topological polar surface area (TPSA) is 66.5 Å². The lowest BCUT2D eigenvalue weighted by Gasteiger charge is -2.11. The summed E-state index contributed by atoms with van der Waals surface area (Å²) in [6.45, 7) is 7.13. The predicted octanol–water partition coefficient (Wildman–Crippen LogP) is 1.95. The van der Waals surface area contributed by atoms with Gasteiger partial charge in [-0.25, -0.2) is 9.67 Å². The third-order valence-corrected chi connectivity index (χ3v) is 2.81. The van der Waals surface area contributed by atoms with E-state index in [1.54, 1.807) is 11.0 Å². The Balaban J connectivity index is 2.22. The summed E-state index contributed by atoms with van der Waals surface area (Å²) in [5.41, 5.74) is 3.29. The van der Waals surface area contributed by atoms with E-state index in [2.05, 4.69) is 41.4 Å². The summed E-state index contributed by atoms with van der Waals surface area (Å²) in [7, 11) is 0. The van der Waals surface area contributed by atoms with E-state index in [4.69, 9.17) is 5.26 Å². The van der Waals surface area contributed by atoms with E-state index < -0.39 is 0 Å². The second kappa shape index (κ2) is 5.63. The minimum Gasteiger partial charge on any atom is -0.310 e. The molecule has 98 valence electrons. The van der Waals surface area contributed by atoms with E-state index >= 15 is 0 Å². The minimum atomic E-state index is 0.185. The largest absolute Gasteiger partial charge is 0.310 e. The number of hydrogen-bond acceptors (Lipinski definition) is 4. The van der Waals surface area contributed by atoms with E-state index in [1.165, 1.54) is 5.56 Å². The van der Waals surface area contributed by atoms with E-state index in [0.29, 0.717) is 6.04 Å². The highest BCUT2D eigenvalue weighted by Crippen LogP contribution is 2.15. The third-order valence-electron chi connectivity index (χ3n) is 2.81. The van der Waals surface area contributed by atoms with Crippen molar-refractivity contribution in [2.24, 2.45) is 0 Å². The van der Waals surface area contributed by atoms with Crippen molar-refractivity contribution in [2.75, 3.05) is 0 Å². The van der Waals surface area contributed by atoms with Gasteiger partial charge in [0.15, 0.2) is 0 Å². The Morgan fingerprint density at radius 1 is 1.42 bits per heavy atom. The minimum absolute atomic E-state index is 0.185. The summed E-state index contributed by atoms with van der Waals surface area (Å²) < 4.78 is 1.63. The monoisotopic (exact) mass is 255 g/mol. The van der Waals surface area contributed by atoms with Crippen molar-refractivity contribution < 1.29 is 0 Å². The van der Waals surface area contributed by atoms with Crippen LogP contribution in [0.25, 0.3) is 5.69 Å². The van der Waals surface area contributed by atoms with Gasteiger partial charge >= 0.3 is 0 Å². The number of nitrogens with one attached hydrogen (secondary N) is 1. The molecule has 0 aliphatic heterocycles. The van der Waals surface area contributed by atoms with Crippen molar-refractivity contribution >= 4 is 0 Å². The molecule has 0 bridgehead atoms. The lowest BCUT2D eigenvalue weighted by atomic mass is 10.1. The Labute approximate surface area is 112 Å². The third kappa shape index (κ3) is 3.18. The van der Waals surface area contributed by atoms with Crippen molar-refractivity contribution in [1.82, 2.24) is 20.1 Å². The number of aromatic nitrogens is 3. The molecule has 0 amide bonds. The summed E-state index contributed by atoms with van der Waals surface area (Å²) in [6.07, 6.45) is 1.56. The molecule has 0 aliphatic carbocycles. The number of nitrogens with zero attached hydrogens (tertiary/aromatic N) is 4. The van der Waals surface area contributed by atoms with Crippen molar-refractivity contribution in [2.45, 2.75) is 33.4 Å². The van der Waals surface area contributed by atoms with E-state index in [1.807, 2.05) is 19.1 Å². The van der Waals surface area contributed by atoms with Crippen molar-refractivity contribution in [1.29, 1.82) is 5.26 Å². The van der Waals surface area contributed by atoms with Gasteiger partial charge in [-0.3, -0.25) is 0 Å². The van der Waals surface area contributed by atoms with Crippen LogP contribution in [0.1, 0.15) is 30.8 Å². The predicted molar refractivity (Wildman–Crippen MR) is 72.8 cm³/mol. The lowest BCUT2D eigenvalue weighted by Crippen LogP contribution is -2.21. The highest BCUT2D eigenvalue weighted by atomic mass is 15.3. The molecule has 0 fully saturated rings. The fourth-order valence-electron chi connectivity index (χ4n) is 1.84. The van der Waals surface area contributed by atoms with E-state index in [9.17, 15) is 0 Å². The maximum absolute atomic E-state index is 8.74. The smallest absolute Gasteiger partial charge is 0.252 e. The normalized spacial score (nSPS) is 10.7. The molecule has 1 aromatic carbocycles. The molecule has 5 nitrogen and oxygen atoms in total. The zero-order valence-corrected chi connectivity index (χ0v) is 11.4. The van der Waals surface area contributed by atoms with Crippen molar-refractivity contribution in [3.05, 3.63) is 41.5 Å². The van der Waals surface area contributed by atoms with Gasteiger partial charge in [-0.1, -0.05) is 26.0 Å². The van der Waals surface area contributed by atoms with Crippen LogP contribution in [0.15, 0.2) is 24.5 Å². The average molecular weight is 255 g/mol. The van der Waals surface area contributed by atoms with Crippen LogP contribution in [0.2, 0.25) is 0 Å². The number of hydrogen-bond donors (Lipinski definition) is 1. The van der Waals surface area contributed by atoms with Crippen LogP contribution in [0.4, 0.5) is 0 Å². The second-order valence-corrected chi connectivity index (χ2v) is 4.78. The number of benzene rings is 1. The van der Waals surface area contributed by atoms with Gasteiger partial charge in [0.2, 0.25) is 0 Å². The van der Waals surface area contributed by atoms with Crippen LogP contribution < -0.4 is 5.32 Å². The SMILES string of the molecule is Cc1cc(CNC(C)C)ccc1-n1cnc(C#N)n1. The standard InChI is InChI=1S/C14H17N5/c1-10(2)16-8-12-4-5-13(11(3)6-12)19-9-17-14(7-15)18-19/h4-6,9-10,16H,8H2,1-3H3. The molecule has 1 heterocycles. The summed E-state index contributed by atoms with van der Waals surface area (Å²) in [6, 6.07) is 8.58. The Morgan fingerprint density at radius 3 is 2.79 bits per heavy atom. The molecule has 1 aromatic heterocycles. The maximum Gasteiger partial charge on any atom is 0.252 e. The molecule has 5 heteroatoms. The van der Waals surface area contributed by atoms with Gasteiger partial charge in [-0.05, 0) is 24.1 Å². The first-order valence-corrected chi connectivity index (χ1v) is 6.25. The van der Waals surface area contributed by atoms with Crippen LogP contribution in [0.5, 0.6) is 0 Å². The quantitative estimate of drug-likeness (QED) is 0.906. The fraction of sp³-hybridized carbons (Fsp3) is 0.357. The molecule has 0 saturated heterocycles. The highest BCUT2D eigenvalue weighted by molar-refractivity contribution is 5.42. The molecule has 0 aliphatic rings. The molecular formula is C14H17N5. The van der Waals surface area contributed by atoms with E-state index in [0.717, 1.165) is 17.8 Å². The first kappa shape index (κ1) is 13.2. The van der Waals surface area contributed by atoms with Gasteiger partial charge in [0.25, 0.3) is 5.82 Å². The van der Waals surface area contributed by atoms with Crippen LogP contribution >= 0.6 is 0 Å². The number of aryl methyl sites for hydroxylation is 1. The summed E-state index contributed by atoms with van der Waals surface area (Å²) in [4.78, 5) is 3.91. The maximum atomic E-state index is 8.74. The first-order chi connectivity index (χ1) is 9.10. The fourth-order valence-corrected chi connectivity index (χ4v) is 1.84. The Bertz CT molecular complexity index is 607. The zero-order valence-electron chi connectivity index (χ0n) is 11.4. The molecule has 0 radical (unpaired) electrons. The molecule has 2 rings (SSSR count). The summed E-state index contributed by atoms with van der Waals surface area (Å²) in [5.74, 6) is 0.185. The molecule has 0 unspecified atom stereocenters. The van der Waals surface area contributed by atoms with Crippen LogP contribution in [0, 0.1) is 18.3 Å². The second-order valence-electron chi connectivity index (χ2n) is 4.78. The van der Waals surface area contributed by atoms with Gasteiger partial charge in [-0.15, -0.1) is 5.10 Å². The van der Waals surface area contributed by atoms with Gasteiger partial charge in [0, 0.05) is 12.6 Å². The summed E-state index contributed by atoms with van der Waals surface area (Å²) >= 11 is 0. The lowest BCUT2D eigenvalue weighted by molar-refractivity contribution is 0.588. The summed E-state index contributed by atoms with van der Waals surface area (Å²) in [5, 5.41) is 16.2. The van der Waals surface area contributed by atoms with Crippen LogP contribution in [-0.4, -0.2) is 20.8 Å². The van der Waals surface area contributed by atoms with Crippen molar-refractivity contribution in [3.8, 4) is 11.8 Å². The van der Waals surface area contributed by atoms with E-state index in [-0.39, 0.29) is 5.82 Å². The molecule has 0 atom stereocenters. The number of nitriles is 1. The van der Waals surface area contributed by atoms with Crippen LogP contribution in [-0.2, 0) is 6.54 Å². The van der Waals surface area contributed by atoms with Gasteiger partial charge < -0.3 is 5.32 Å². The van der Waals surface area contributed by atoms with Gasteiger partial charge in [0.05, 0.1) is 5.69 Å². The van der Waals surface area contributed by atoms with Gasteiger partial charge in [0.1, 0.15) is 12.4 Å². The molecule has 0 spiro atoms. The molecule has 0 saturated carbocycles. The first-order valence-electron chi connectivity index (χ1n) is 6.25. The molecular weight excluding hydrogens is 238 g/mol. The van der Waals surface area contributed by atoms with Crippen molar-refractivity contribution in [3.63, 3.8) is 0 Å². The van der Waals surface area contributed by atoms with Crippen LogP contribution in [0.3, 0.4) is 0 Å².